The van der Waals surface area contributed by atoms with E-state index in [9.17, 15) is 9.59 Å². The van der Waals surface area contributed by atoms with Crippen molar-refractivity contribution in [2.24, 2.45) is 17.8 Å². The summed E-state index contributed by atoms with van der Waals surface area (Å²) in [6.07, 6.45) is 11.8. The second kappa shape index (κ2) is 8.76. The van der Waals surface area contributed by atoms with Gasteiger partial charge >= 0.3 is 5.97 Å². The van der Waals surface area contributed by atoms with E-state index < -0.39 is 0 Å². The maximum Gasteiger partial charge on any atom is 0.311 e. The van der Waals surface area contributed by atoms with E-state index in [0.717, 1.165) is 62.6 Å². The van der Waals surface area contributed by atoms with Crippen LogP contribution in [0.15, 0.2) is 0 Å². The molecule has 0 aromatic carbocycles. The van der Waals surface area contributed by atoms with E-state index in [2.05, 4.69) is 10.00 Å². The first kappa shape index (κ1) is 21.3. The van der Waals surface area contributed by atoms with Crippen molar-refractivity contribution < 1.29 is 14.3 Å². The van der Waals surface area contributed by atoms with Gasteiger partial charge < -0.3 is 10.1 Å². The fraction of sp³-hybridized carbons (Fsp3) is 0.792. The summed E-state index contributed by atoms with van der Waals surface area (Å²) in [6.45, 7) is 2.22. The summed E-state index contributed by atoms with van der Waals surface area (Å²) in [5, 5.41) is 8.04. The average molecular weight is 448 g/mol. The first-order chi connectivity index (χ1) is 15.1. The van der Waals surface area contributed by atoms with Crippen molar-refractivity contribution in [3.05, 3.63) is 17.0 Å². The Bertz CT molecular complexity index is 847. The highest BCUT2D eigenvalue weighted by Gasteiger charge is 2.52. The van der Waals surface area contributed by atoms with Crippen molar-refractivity contribution in [3.63, 3.8) is 0 Å². The monoisotopic (exact) mass is 447 g/mol. The van der Waals surface area contributed by atoms with Crippen LogP contribution in [0.5, 0.6) is 0 Å². The summed E-state index contributed by atoms with van der Waals surface area (Å²) in [5.41, 5.74) is 2.64. The summed E-state index contributed by atoms with van der Waals surface area (Å²) in [4.78, 5) is 26.1. The molecule has 0 radical (unpaired) electrons. The molecule has 3 unspecified atom stereocenters. The van der Waals surface area contributed by atoms with Crippen LogP contribution in [-0.4, -0.2) is 34.3 Å². The lowest BCUT2D eigenvalue weighted by Gasteiger charge is -2.30. The Balaban J connectivity index is 1.42. The van der Waals surface area contributed by atoms with E-state index in [1.165, 1.54) is 19.3 Å². The van der Waals surface area contributed by atoms with Gasteiger partial charge in [0.2, 0.25) is 0 Å². The maximum atomic E-state index is 13.5. The zero-order chi connectivity index (χ0) is 21.5. The molecule has 7 heteroatoms. The Morgan fingerprint density at radius 1 is 1.10 bits per heavy atom. The van der Waals surface area contributed by atoms with Gasteiger partial charge in [0.15, 0.2) is 5.69 Å². The molecule has 1 aromatic rings. The first-order valence-electron chi connectivity index (χ1n) is 12.3. The topological polar surface area (TPSA) is 73.2 Å². The van der Waals surface area contributed by atoms with Crippen LogP contribution in [-0.2, 0) is 16.0 Å². The number of nitrogens with one attached hydrogen (secondary N) is 1. The van der Waals surface area contributed by atoms with Crippen LogP contribution in [0.2, 0.25) is 0 Å². The second-order valence-electron chi connectivity index (χ2n) is 9.92. The molecule has 1 heterocycles. The molecule has 5 atom stereocenters. The summed E-state index contributed by atoms with van der Waals surface area (Å²) < 4.78 is 7.46. The van der Waals surface area contributed by atoms with Crippen LogP contribution in [0.3, 0.4) is 0 Å². The minimum absolute atomic E-state index is 0.0745. The molecule has 6 nitrogen and oxygen atoms in total. The van der Waals surface area contributed by atoms with Crippen molar-refractivity contribution in [1.82, 2.24) is 15.1 Å². The van der Waals surface area contributed by atoms with Gasteiger partial charge in [-0.15, -0.1) is 11.6 Å². The summed E-state index contributed by atoms with van der Waals surface area (Å²) in [7, 11) is 0. The van der Waals surface area contributed by atoms with Gasteiger partial charge in [0.25, 0.3) is 5.91 Å². The van der Waals surface area contributed by atoms with E-state index in [-0.39, 0.29) is 29.2 Å². The Kier molecular flexibility index (Phi) is 6.02. The highest BCUT2D eigenvalue weighted by molar-refractivity contribution is 6.21. The van der Waals surface area contributed by atoms with Crippen LogP contribution in [0, 0.1) is 17.8 Å². The van der Waals surface area contributed by atoms with Gasteiger partial charge in [-0.25, -0.2) is 0 Å². The van der Waals surface area contributed by atoms with Crippen molar-refractivity contribution in [2.75, 3.05) is 6.61 Å². The third-order valence-electron chi connectivity index (χ3n) is 8.14. The SMILES string of the molecule is CCOC(=O)[C@H]1C2CCC(C2)[C@H]1NC(=O)c1nn(C2CCCCC2)c2c1CCCC2Cl. The molecule has 1 N–H and O–H groups in total. The number of hydrogen-bond donors (Lipinski definition) is 1. The van der Waals surface area contributed by atoms with Gasteiger partial charge in [-0.2, -0.15) is 5.10 Å². The largest absolute Gasteiger partial charge is 0.466 e. The van der Waals surface area contributed by atoms with E-state index in [4.69, 9.17) is 21.4 Å². The molecule has 31 heavy (non-hydrogen) atoms. The molecular formula is C24H34ClN3O3. The van der Waals surface area contributed by atoms with Crippen LogP contribution < -0.4 is 5.32 Å². The number of alkyl halides is 1. The minimum atomic E-state index is -0.223. The lowest BCUT2D eigenvalue weighted by Crippen LogP contribution is -2.47. The maximum absolute atomic E-state index is 13.5. The van der Waals surface area contributed by atoms with Crippen molar-refractivity contribution in [1.29, 1.82) is 0 Å². The predicted molar refractivity (Wildman–Crippen MR) is 118 cm³/mol. The molecule has 3 fully saturated rings. The van der Waals surface area contributed by atoms with Gasteiger partial charge in [0.1, 0.15) is 0 Å². The van der Waals surface area contributed by atoms with Gasteiger partial charge in [-0.3, -0.25) is 14.3 Å². The van der Waals surface area contributed by atoms with Gasteiger partial charge in [0, 0.05) is 11.6 Å². The van der Waals surface area contributed by atoms with Crippen molar-refractivity contribution in [2.45, 2.75) is 95.0 Å². The molecule has 5 rings (SSSR count). The van der Waals surface area contributed by atoms with Crippen LogP contribution in [0.25, 0.3) is 0 Å². The Morgan fingerprint density at radius 2 is 1.87 bits per heavy atom. The van der Waals surface area contributed by atoms with E-state index >= 15 is 0 Å². The van der Waals surface area contributed by atoms with Gasteiger partial charge in [-0.05, 0) is 70.1 Å². The van der Waals surface area contributed by atoms with Crippen molar-refractivity contribution in [3.8, 4) is 0 Å². The van der Waals surface area contributed by atoms with E-state index in [1.807, 2.05) is 6.92 Å². The number of halogens is 1. The summed E-state index contributed by atoms with van der Waals surface area (Å²) in [6, 6.07) is 0.203. The number of carbonyl (C=O) groups is 2. The Morgan fingerprint density at radius 3 is 2.65 bits per heavy atom. The van der Waals surface area contributed by atoms with Crippen LogP contribution in [0.4, 0.5) is 0 Å². The lowest BCUT2D eigenvalue weighted by atomic mass is 9.84. The lowest BCUT2D eigenvalue weighted by molar-refractivity contribution is -0.150. The number of fused-ring (bicyclic) bond motifs is 3. The van der Waals surface area contributed by atoms with E-state index in [0.29, 0.717) is 30.2 Å². The molecule has 3 saturated carbocycles. The zero-order valence-electron chi connectivity index (χ0n) is 18.4. The highest BCUT2D eigenvalue weighted by Crippen LogP contribution is 2.49. The van der Waals surface area contributed by atoms with E-state index in [1.54, 1.807) is 0 Å². The standard InChI is InChI=1S/C24H34ClN3O3/c1-2-31-24(30)19-14-11-12-15(13-14)20(19)26-23(29)21-17-9-6-10-18(25)22(17)28(27-21)16-7-4-3-5-8-16/h14-16,18-20H,2-13H2,1H3,(H,26,29)/t14?,15?,18?,19-,20+/m0/s1. The Hall–Kier alpha value is -1.56. The fourth-order valence-corrected chi connectivity index (χ4v) is 7.12. The molecule has 170 valence electrons. The number of hydrogen-bond acceptors (Lipinski definition) is 4. The molecule has 1 amide bonds. The highest BCUT2D eigenvalue weighted by atomic mass is 35.5. The molecule has 0 saturated heterocycles. The van der Waals surface area contributed by atoms with Crippen molar-refractivity contribution >= 4 is 23.5 Å². The number of amides is 1. The number of aromatic nitrogens is 2. The molecule has 2 bridgehead atoms. The number of carbonyl (C=O) groups excluding carboxylic acids is 2. The van der Waals surface area contributed by atoms with Crippen LogP contribution >= 0.6 is 11.6 Å². The normalized spacial score (nSPS) is 32.6. The third-order valence-corrected chi connectivity index (χ3v) is 8.56. The first-order valence-corrected chi connectivity index (χ1v) is 12.7. The predicted octanol–water partition coefficient (Wildman–Crippen LogP) is 4.71. The average Bonchev–Trinajstić information content (AvgIpc) is 3.48. The molecule has 0 spiro atoms. The third kappa shape index (κ3) is 3.79. The quantitative estimate of drug-likeness (QED) is 0.524. The fourth-order valence-electron chi connectivity index (χ4n) is 6.74. The summed E-state index contributed by atoms with van der Waals surface area (Å²) in [5.74, 6) is 0.175. The Labute approximate surface area is 189 Å². The van der Waals surface area contributed by atoms with Crippen LogP contribution in [0.1, 0.15) is 104 Å². The van der Waals surface area contributed by atoms with Gasteiger partial charge in [-0.1, -0.05) is 19.3 Å². The zero-order valence-corrected chi connectivity index (χ0v) is 19.2. The van der Waals surface area contributed by atoms with Gasteiger partial charge in [0.05, 0.1) is 29.6 Å². The molecule has 4 aliphatic carbocycles. The number of nitrogens with zero attached hydrogens (tertiary/aromatic N) is 2. The number of ether oxygens (including phenoxy) is 1. The number of esters is 1. The number of rotatable bonds is 5. The molecule has 0 aliphatic heterocycles. The molecule has 1 aromatic heterocycles. The molecule has 4 aliphatic rings. The molecular weight excluding hydrogens is 414 g/mol. The minimum Gasteiger partial charge on any atom is -0.466 e. The smallest absolute Gasteiger partial charge is 0.311 e. The summed E-state index contributed by atoms with van der Waals surface area (Å²) >= 11 is 6.76. The second-order valence-corrected chi connectivity index (χ2v) is 10.4.